The number of carbonyl (C=O) groups is 1. The Labute approximate surface area is 182 Å². The van der Waals surface area contributed by atoms with Crippen LogP contribution in [0.2, 0.25) is 0 Å². The van der Waals surface area contributed by atoms with Crippen LogP contribution in [0.1, 0.15) is 15.9 Å². The summed E-state index contributed by atoms with van der Waals surface area (Å²) in [6.07, 6.45) is 0. The highest BCUT2D eigenvalue weighted by atomic mass is 32.2. The van der Waals surface area contributed by atoms with E-state index in [4.69, 9.17) is 9.47 Å². The molecule has 0 heterocycles. The molecule has 8 heteroatoms. The zero-order valence-electron chi connectivity index (χ0n) is 17.3. The number of hydrogen-bond acceptors (Lipinski definition) is 5. The molecule has 0 aliphatic carbocycles. The van der Waals surface area contributed by atoms with Crippen molar-refractivity contribution >= 4 is 21.6 Å². The van der Waals surface area contributed by atoms with Crippen molar-refractivity contribution in [2.75, 3.05) is 25.0 Å². The van der Waals surface area contributed by atoms with E-state index in [0.717, 1.165) is 5.75 Å². The predicted molar refractivity (Wildman–Crippen MR) is 119 cm³/mol. The van der Waals surface area contributed by atoms with Crippen LogP contribution in [-0.4, -0.2) is 34.6 Å². The second-order valence-electron chi connectivity index (χ2n) is 6.73. The van der Waals surface area contributed by atoms with E-state index in [-0.39, 0.29) is 29.5 Å². The molecule has 3 aromatic rings. The number of anilines is 1. The molecule has 0 aliphatic heterocycles. The molecule has 3 rings (SSSR count). The first-order valence-corrected chi connectivity index (χ1v) is 11.1. The van der Waals surface area contributed by atoms with Crippen molar-refractivity contribution in [3.8, 4) is 11.5 Å². The van der Waals surface area contributed by atoms with Gasteiger partial charge in [0.1, 0.15) is 18.1 Å². The third-order valence-electron chi connectivity index (χ3n) is 4.48. The summed E-state index contributed by atoms with van der Waals surface area (Å²) in [5, 5.41) is 2.74. The number of hydrogen-bond donors (Lipinski definition) is 2. The molecule has 1 amide bonds. The summed E-state index contributed by atoms with van der Waals surface area (Å²) < 4.78 is 38.8. The van der Waals surface area contributed by atoms with Crippen LogP contribution < -0.4 is 19.5 Å². The molecule has 0 spiro atoms. The van der Waals surface area contributed by atoms with Gasteiger partial charge in [0, 0.05) is 11.3 Å². The van der Waals surface area contributed by atoms with Crippen molar-refractivity contribution in [2.24, 2.45) is 0 Å². The third kappa shape index (κ3) is 5.99. The van der Waals surface area contributed by atoms with Gasteiger partial charge in [0.15, 0.2) is 0 Å². The van der Waals surface area contributed by atoms with Gasteiger partial charge in [-0.2, -0.15) is 0 Å². The van der Waals surface area contributed by atoms with Crippen LogP contribution in [0.3, 0.4) is 0 Å². The molecule has 0 saturated carbocycles. The van der Waals surface area contributed by atoms with Crippen LogP contribution in [0.5, 0.6) is 11.5 Å². The number of aryl methyl sites for hydroxylation is 1. The lowest BCUT2D eigenvalue weighted by Gasteiger charge is -2.12. The van der Waals surface area contributed by atoms with Gasteiger partial charge in [-0.05, 0) is 61.0 Å². The number of amides is 1. The van der Waals surface area contributed by atoms with Crippen LogP contribution in [0.25, 0.3) is 0 Å². The van der Waals surface area contributed by atoms with Crippen LogP contribution >= 0.6 is 0 Å². The molecule has 0 aliphatic rings. The molecule has 0 radical (unpaired) electrons. The zero-order chi connectivity index (χ0) is 22.3. The van der Waals surface area contributed by atoms with E-state index in [1.54, 1.807) is 80.8 Å². The van der Waals surface area contributed by atoms with Gasteiger partial charge < -0.3 is 14.8 Å². The molecular formula is C23H24N2O5S. The van der Waals surface area contributed by atoms with Crippen LogP contribution in [0.4, 0.5) is 5.69 Å². The summed E-state index contributed by atoms with van der Waals surface area (Å²) in [5.41, 5.74) is 1.25. The molecule has 31 heavy (non-hydrogen) atoms. The van der Waals surface area contributed by atoms with E-state index in [0.29, 0.717) is 17.0 Å². The molecule has 0 atom stereocenters. The Bertz CT molecular complexity index is 1130. The van der Waals surface area contributed by atoms with Crippen molar-refractivity contribution in [1.29, 1.82) is 0 Å². The fourth-order valence-corrected chi connectivity index (χ4v) is 4.19. The van der Waals surface area contributed by atoms with Crippen molar-refractivity contribution < 1.29 is 22.7 Å². The molecule has 0 unspecified atom stereocenters. The first-order chi connectivity index (χ1) is 14.9. The van der Waals surface area contributed by atoms with Gasteiger partial charge in [0.2, 0.25) is 0 Å². The molecule has 162 valence electrons. The quantitative estimate of drug-likeness (QED) is 0.496. The van der Waals surface area contributed by atoms with E-state index >= 15 is 0 Å². The molecular weight excluding hydrogens is 416 g/mol. The first-order valence-electron chi connectivity index (χ1n) is 9.62. The lowest BCUT2D eigenvalue weighted by Crippen LogP contribution is -2.28. The average molecular weight is 441 g/mol. The summed E-state index contributed by atoms with van der Waals surface area (Å²) in [6.45, 7) is 2.22. The van der Waals surface area contributed by atoms with Gasteiger partial charge in [-0.1, -0.05) is 24.3 Å². The fourth-order valence-electron chi connectivity index (χ4n) is 2.85. The number of rotatable bonds is 9. The number of nitrogens with one attached hydrogen (secondary N) is 2. The first kappa shape index (κ1) is 22.2. The Morgan fingerprint density at radius 2 is 1.61 bits per heavy atom. The number of methoxy groups -OCH3 is 1. The van der Waals surface area contributed by atoms with Crippen molar-refractivity contribution in [3.63, 3.8) is 0 Å². The minimum Gasteiger partial charge on any atom is -0.497 e. The van der Waals surface area contributed by atoms with E-state index in [9.17, 15) is 13.2 Å². The largest absolute Gasteiger partial charge is 0.497 e. The van der Waals surface area contributed by atoms with Gasteiger partial charge >= 0.3 is 0 Å². The molecule has 0 saturated heterocycles. The maximum absolute atomic E-state index is 12.8. The minimum atomic E-state index is -3.83. The van der Waals surface area contributed by atoms with Crippen molar-refractivity contribution in [1.82, 2.24) is 5.32 Å². The van der Waals surface area contributed by atoms with Crippen LogP contribution in [0.15, 0.2) is 77.7 Å². The van der Waals surface area contributed by atoms with Crippen LogP contribution in [-0.2, 0) is 10.0 Å². The van der Waals surface area contributed by atoms with Crippen LogP contribution in [0, 0.1) is 6.92 Å². The number of carbonyl (C=O) groups excluding carboxylic acids is 1. The standard InChI is InChI=1S/C23H24N2O5S/c1-17-8-9-18(16-22(17)31(27,28)25-19-6-4-3-5-7-19)23(26)24-14-15-30-21-12-10-20(29-2)11-13-21/h3-13,16,25H,14-15H2,1-2H3,(H,24,26). The molecule has 2 N–H and O–H groups in total. The Morgan fingerprint density at radius 1 is 0.935 bits per heavy atom. The highest BCUT2D eigenvalue weighted by Crippen LogP contribution is 2.21. The van der Waals surface area contributed by atoms with Gasteiger partial charge in [-0.3, -0.25) is 9.52 Å². The Morgan fingerprint density at radius 3 is 2.29 bits per heavy atom. The summed E-state index contributed by atoms with van der Waals surface area (Å²) in [7, 11) is -2.24. The SMILES string of the molecule is COc1ccc(OCCNC(=O)c2ccc(C)c(S(=O)(=O)Nc3ccccc3)c2)cc1. The zero-order valence-corrected chi connectivity index (χ0v) is 18.1. The monoisotopic (exact) mass is 440 g/mol. The highest BCUT2D eigenvalue weighted by molar-refractivity contribution is 7.92. The van der Waals surface area contributed by atoms with E-state index in [1.807, 2.05) is 0 Å². The van der Waals surface area contributed by atoms with Gasteiger partial charge in [0.25, 0.3) is 15.9 Å². The van der Waals surface area contributed by atoms with Crippen molar-refractivity contribution in [2.45, 2.75) is 11.8 Å². The Balaban J connectivity index is 1.61. The van der Waals surface area contributed by atoms with Crippen molar-refractivity contribution in [3.05, 3.63) is 83.9 Å². The number of para-hydroxylation sites is 1. The second kappa shape index (κ2) is 9.99. The average Bonchev–Trinajstić information content (AvgIpc) is 2.77. The van der Waals surface area contributed by atoms with E-state index < -0.39 is 10.0 Å². The second-order valence-corrected chi connectivity index (χ2v) is 8.38. The number of sulfonamides is 1. The number of ether oxygens (including phenoxy) is 2. The van der Waals surface area contributed by atoms with Gasteiger partial charge in [-0.15, -0.1) is 0 Å². The molecule has 0 aromatic heterocycles. The highest BCUT2D eigenvalue weighted by Gasteiger charge is 2.19. The van der Waals surface area contributed by atoms with E-state index in [2.05, 4.69) is 10.0 Å². The predicted octanol–water partition coefficient (Wildman–Crippen LogP) is 3.61. The Hall–Kier alpha value is -3.52. The maximum atomic E-state index is 12.8. The lowest BCUT2D eigenvalue weighted by molar-refractivity contribution is 0.0947. The summed E-state index contributed by atoms with van der Waals surface area (Å²) in [6, 6.07) is 20.3. The third-order valence-corrected chi connectivity index (χ3v) is 6.00. The molecule has 0 fully saturated rings. The maximum Gasteiger partial charge on any atom is 0.262 e. The molecule has 0 bridgehead atoms. The molecule has 3 aromatic carbocycles. The number of benzene rings is 3. The normalized spacial score (nSPS) is 10.9. The summed E-state index contributed by atoms with van der Waals surface area (Å²) in [4.78, 5) is 12.5. The van der Waals surface area contributed by atoms with Gasteiger partial charge in [-0.25, -0.2) is 8.42 Å². The van der Waals surface area contributed by atoms with Gasteiger partial charge in [0.05, 0.1) is 18.6 Å². The van der Waals surface area contributed by atoms with E-state index in [1.165, 1.54) is 6.07 Å². The topological polar surface area (TPSA) is 93.7 Å². The Kier molecular flexibility index (Phi) is 7.15. The summed E-state index contributed by atoms with van der Waals surface area (Å²) >= 11 is 0. The summed E-state index contributed by atoms with van der Waals surface area (Å²) in [5.74, 6) is 1.01. The fraction of sp³-hybridized carbons (Fsp3) is 0.174. The lowest BCUT2D eigenvalue weighted by atomic mass is 10.1. The molecule has 7 nitrogen and oxygen atoms in total. The minimum absolute atomic E-state index is 0.0542. The smallest absolute Gasteiger partial charge is 0.262 e.